The molecule has 2 aromatic carbocycles. The minimum Gasteiger partial charge on any atom is -0.478 e. The van der Waals surface area contributed by atoms with Gasteiger partial charge >= 0.3 is 5.97 Å². The molecule has 2 heteroatoms. The number of benzene rings is 2. The van der Waals surface area contributed by atoms with Gasteiger partial charge in [0.2, 0.25) is 0 Å². The van der Waals surface area contributed by atoms with E-state index in [0.29, 0.717) is 11.5 Å². The van der Waals surface area contributed by atoms with E-state index >= 15 is 0 Å². The topological polar surface area (TPSA) is 37.3 Å². The number of carbonyl (C=O) groups is 1. The summed E-state index contributed by atoms with van der Waals surface area (Å²) in [6.45, 7) is 4.42. The van der Waals surface area contributed by atoms with Crippen molar-refractivity contribution in [3.05, 3.63) is 70.3 Å². The summed E-state index contributed by atoms with van der Waals surface area (Å²) in [6, 6.07) is 14.2. The highest BCUT2D eigenvalue weighted by molar-refractivity contribution is 5.90. The van der Waals surface area contributed by atoms with Crippen LogP contribution in [-0.2, 0) is 12.8 Å². The lowest BCUT2D eigenvalue weighted by molar-refractivity contribution is 0.0695. The zero-order valence-electron chi connectivity index (χ0n) is 12.5. The predicted octanol–water partition coefficient (Wildman–Crippen LogP) is 4.27. The van der Waals surface area contributed by atoms with Crippen molar-refractivity contribution in [2.45, 2.75) is 32.6 Å². The zero-order chi connectivity index (χ0) is 15.0. The smallest absolute Gasteiger partial charge is 0.335 e. The number of hydrogen-bond acceptors (Lipinski definition) is 1. The summed E-state index contributed by atoms with van der Waals surface area (Å²) in [4.78, 5) is 11.5. The van der Waals surface area contributed by atoms with E-state index in [2.05, 4.69) is 44.2 Å². The number of carboxylic acids is 1. The lowest BCUT2D eigenvalue weighted by Crippen LogP contribution is -2.12. The predicted molar refractivity (Wildman–Crippen MR) is 83.9 cm³/mol. The normalized spacial score (nSPS) is 17.0. The van der Waals surface area contributed by atoms with Crippen LogP contribution in [0.3, 0.4) is 0 Å². The summed E-state index contributed by atoms with van der Waals surface area (Å²) in [5.41, 5.74) is 5.37. The minimum atomic E-state index is -0.819. The van der Waals surface area contributed by atoms with Crippen molar-refractivity contribution in [1.29, 1.82) is 0 Å². The Balaban J connectivity index is 2.25. The molecule has 3 rings (SSSR count). The van der Waals surface area contributed by atoms with E-state index in [-0.39, 0.29) is 5.92 Å². The highest BCUT2D eigenvalue weighted by atomic mass is 16.4. The Bertz CT molecular complexity index is 686. The van der Waals surface area contributed by atoms with Crippen LogP contribution in [0.2, 0.25) is 0 Å². The fraction of sp³-hybridized carbons (Fsp3) is 0.316. The van der Waals surface area contributed by atoms with Crippen LogP contribution < -0.4 is 0 Å². The van der Waals surface area contributed by atoms with E-state index in [0.717, 1.165) is 18.4 Å². The molecule has 108 valence electrons. The van der Waals surface area contributed by atoms with Crippen molar-refractivity contribution >= 4 is 5.97 Å². The van der Waals surface area contributed by atoms with Gasteiger partial charge in [-0.05, 0) is 47.1 Å². The summed E-state index contributed by atoms with van der Waals surface area (Å²) in [5.74, 6) is -0.106. The fourth-order valence-corrected chi connectivity index (χ4v) is 3.59. The molecule has 0 bridgehead atoms. The number of hydrogen-bond donors (Lipinski definition) is 1. The summed E-state index contributed by atoms with van der Waals surface area (Å²) < 4.78 is 0. The molecule has 1 aliphatic carbocycles. The number of aryl methyl sites for hydroxylation is 1. The van der Waals surface area contributed by atoms with Crippen molar-refractivity contribution in [1.82, 2.24) is 0 Å². The first kappa shape index (κ1) is 13.9. The highest BCUT2D eigenvalue weighted by Gasteiger charge is 2.28. The van der Waals surface area contributed by atoms with E-state index in [9.17, 15) is 9.90 Å². The van der Waals surface area contributed by atoms with Crippen LogP contribution in [0.25, 0.3) is 0 Å². The SMILES string of the molecule is CC(C)C1c2ccccc2CCc2c(C(=O)O)cccc21. The van der Waals surface area contributed by atoms with Gasteiger partial charge in [0.1, 0.15) is 0 Å². The quantitative estimate of drug-likeness (QED) is 0.892. The van der Waals surface area contributed by atoms with Crippen molar-refractivity contribution in [2.24, 2.45) is 5.92 Å². The maximum absolute atomic E-state index is 11.5. The maximum atomic E-state index is 11.5. The molecule has 1 N–H and O–H groups in total. The molecular formula is C19H20O2. The van der Waals surface area contributed by atoms with Crippen LogP contribution in [0.5, 0.6) is 0 Å². The largest absolute Gasteiger partial charge is 0.478 e. The summed E-state index contributed by atoms with van der Waals surface area (Å²) >= 11 is 0. The second kappa shape index (κ2) is 5.36. The van der Waals surface area contributed by atoms with E-state index in [1.165, 1.54) is 16.7 Å². The second-order valence-electron chi connectivity index (χ2n) is 6.10. The van der Waals surface area contributed by atoms with Crippen molar-refractivity contribution in [2.75, 3.05) is 0 Å². The zero-order valence-corrected chi connectivity index (χ0v) is 12.5. The minimum absolute atomic E-state index is 0.276. The van der Waals surface area contributed by atoms with Crippen LogP contribution in [0.4, 0.5) is 0 Å². The van der Waals surface area contributed by atoms with Crippen LogP contribution in [0.15, 0.2) is 42.5 Å². The van der Waals surface area contributed by atoms with Crippen molar-refractivity contribution in [3.8, 4) is 0 Å². The third-order valence-electron chi connectivity index (χ3n) is 4.48. The van der Waals surface area contributed by atoms with E-state index in [1.807, 2.05) is 6.07 Å². The van der Waals surface area contributed by atoms with Gasteiger partial charge in [0.15, 0.2) is 0 Å². The van der Waals surface area contributed by atoms with Gasteiger partial charge in [-0.2, -0.15) is 0 Å². The molecule has 1 aliphatic rings. The molecule has 2 nitrogen and oxygen atoms in total. The van der Waals surface area contributed by atoms with Crippen molar-refractivity contribution in [3.63, 3.8) is 0 Å². The fourth-order valence-electron chi connectivity index (χ4n) is 3.59. The van der Waals surface area contributed by atoms with Gasteiger partial charge in [-0.15, -0.1) is 0 Å². The highest BCUT2D eigenvalue weighted by Crippen LogP contribution is 2.39. The number of fused-ring (bicyclic) bond motifs is 2. The van der Waals surface area contributed by atoms with E-state index in [1.54, 1.807) is 6.07 Å². The first-order valence-electron chi connectivity index (χ1n) is 7.52. The Hall–Kier alpha value is -2.09. The molecule has 0 saturated heterocycles. The van der Waals surface area contributed by atoms with Crippen LogP contribution in [0, 0.1) is 5.92 Å². The van der Waals surface area contributed by atoms with Crippen LogP contribution in [-0.4, -0.2) is 11.1 Å². The lowest BCUT2D eigenvalue weighted by Gasteiger charge is -2.24. The summed E-state index contributed by atoms with van der Waals surface area (Å²) in [6.07, 6.45) is 1.72. The molecule has 1 unspecified atom stereocenters. The molecule has 0 saturated carbocycles. The molecule has 0 aliphatic heterocycles. The molecule has 0 heterocycles. The van der Waals surface area contributed by atoms with Gasteiger partial charge in [-0.25, -0.2) is 4.79 Å². The number of aromatic carboxylic acids is 1. The summed E-state index contributed by atoms with van der Waals surface area (Å²) in [5, 5.41) is 9.47. The van der Waals surface area contributed by atoms with Gasteiger partial charge in [0.05, 0.1) is 5.56 Å². The lowest BCUT2D eigenvalue weighted by atomic mass is 9.80. The average Bonchev–Trinajstić information content (AvgIpc) is 2.63. The van der Waals surface area contributed by atoms with Gasteiger partial charge in [0, 0.05) is 5.92 Å². The molecule has 21 heavy (non-hydrogen) atoms. The Morgan fingerprint density at radius 3 is 2.48 bits per heavy atom. The van der Waals surface area contributed by atoms with Crippen LogP contribution in [0.1, 0.15) is 52.4 Å². The Labute approximate surface area is 125 Å². The van der Waals surface area contributed by atoms with Gasteiger partial charge in [-0.3, -0.25) is 0 Å². The molecule has 2 aromatic rings. The molecular weight excluding hydrogens is 260 g/mol. The molecule has 0 aromatic heterocycles. The molecule has 0 amide bonds. The second-order valence-corrected chi connectivity index (χ2v) is 6.10. The van der Waals surface area contributed by atoms with E-state index in [4.69, 9.17) is 0 Å². The third kappa shape index (κ3) is 2.35. The van der Waals surface area contributed by atoms with Crippen LogP contribution >= 0.6 is 0 Å². The third-order valence-corrected chi connectivity index (χ3v) is 4.48. The maximum Gasteiger partial charge on any atom is 0.335 e. The first-order valence-corrected chi connectivity index (χ1v) is 7.52. The van der Waals surface area contributed by atoms with Gasteiger partial charge < -0.3 is 5.11 Å². The summed E-state index contributed by atoms with van der Waals surface area (Å²) in [7, 11) is 0. The molecule has 0 spiro atoms. The number of rotatable bonds is 2. The Kier molecular flexibility index (Phi) is 3.54. The van der Waals surface area contributed by atoms with E-state index < -0.39 is 5.97 Å². The molecule has 1 atom stereocenters. The first-order chi connectivity index (χ1) is 10.1. The number of carboxylic acid groups (broad SMARTS) is 1. The Morgan fingerprint density at radius 2 is 1.76 bits per heavy atom. The van der Waals surface area contributed by atoms with Crippen molar-refractivity contribution < 1.29 is 9.90 Å². The monoisotopic (exact) mass is 280 g/mol. The van der Waals surface area contributed by atoms with Gasteiger partial charge in [0.25, 0.3) is 0 Å². The standard InChI is InChI=1S/C19H20O2/c1-12(2)18-14-7-4-3-6-13(14)10-11-15-16(18)8-5-9-17(15)19(20)21/h3-9,12,18H,10-11H2,1-2H3,(H,20,21). The molecule has 0 fully saturated rings. The van der Waals surface area contributed by atoms with Gasteiger partial charge in [-0.1, -0.05) is 50.2 Å². The Morgan fingerprint density at radius 1 is 1.05 bits per heavy atom. The average molecular weight is 280 g/mol. The molecule has 0 radical (unpaired) electrons.